The molecule has 2 heterocycles. The van der Waals surface area contributed by atoms with Gasteiger partial charge in [-0.1, -0.05) is 6.42 Å². The zero-order valence-electron chi connectivity index (χ0n) is 11.6. The van der Waals surface area contributed by atoms with Crippen LogP contribution >= 0.6 is 0 Å². The molecule has 0 aromatic rings. The molecule has 1 N–H and O–H groups in total. The van der Waals surface area contributed by atoms with Crippen molar-refractivity contribution in [2.24, 2.45) is 0 Å². The fourth-order valence-electron chi connectivity index (χ4n) is 3.47. The van der Waals surface area contributed by atoms with E-state index in [1.807, 2.05) is 0 Å². The number of fused-ring (bicyclic) bond motifs is 2. The highest BCUT2D eigenvalue weighted by Crippen LogP contribution is 2.33. The van der Waals surface area contributed by atoms with Gasteiger partial charge in [-0.15, -0.1) is 0 Å². The van der Waals surface area contributed by atoms with E-state index in [4.69, 9.17) is 4.74 Å². The molecule has 0 amide bonds. The molecule has 2 aliphatic rings. The first kappa shape index (κ1) is 13.3. The normalized spacial score (nSPS) is 34.2. The Morgan fingerprint density at radius 3 is 2.41 bits per heavy atom. The summed E-state index contributed by atoms with van der Waals surface area (Å²) in [5.41, 5.74) is 0. The molecule has 2 fully saturated rings. The van der Waals surface area contributed by atoms with Crippen molar-refractivity contribution in [1.29, 1.82) is 0 Å². The van der Waals surface area contributed by atoms with E-state index in [1.54, 1.807) is 0 Å². The maximum absolute atomic E-state index is 5.71. The largest absolute Gasteiger partial charge is 0.377 e. The maximum Gasteiger partial charge on any atom is 0.0597 e. The molecule has 0 spiro atoms. The molecule has 3 nitrogen and oxygen atoms in total. The summed E-state index contributed by atoms with van der Waals surface area (Å²) < 4.78 is 5.71. The van der Waals surface area contributed by atoms with Gasteiger partial charge >= 0.3 is 0 Å². The second-order valence-electron chi connectivity index (χ2n) is 5.85. The Morgan fingerprint density at radius 2 is 1.88 bits per heavy atom. The standard InChI is InChI=1S/C14H28N2O/c1-11(2)17-8-7-16-13-5-4-6-14(16)10-12(9-13)15-3/h11-15H,4-10H2,1-3H3. The Bertz CT molecular complexity index is 218. The smallest absolute Gasteiger partial charge is 0.0597 e. The summed E-state index contributed by atoms with van der Waals surface area (Å²) in [5.74, 6) is 0. The third kappa shape index (κ3) is 3.43. The molecule has 0 saturated carbocycles. The molecule has 2 saturated heterocycles. The average molecular weight is 240 g/mol. The maximum atomic E-state index is 5.71. The molecule has 100 valence electrons. The summed E-state index contributed by atoms with van der Waals surface area (Å²) >= 11 is 0. The fraction of sp³-hybridized carbons (Fsp3) is 1.00. The summed E-state index contributed by atoms with van der Waals surface area (Å²) in [6.45, 7) is 6.26. The van der Waals surface area contributed by atoms with Gasteiger partial charge in [0.25, 0.3) is 0 Å². The van der Waals surface area contributed by atoms with E-state index < -0.39 is 0 Å². The van der Waals surface area contributed by atoms with Crippen molar-refractivity contribution in [2.45, 2.75) is 70.2 Å². The van der Waals surface area contributed by atoms with Crippen LogP contribution in [0.15, 0.2) is 0 Å². The molecule has 2 atom stereocenters. The summed E-state index contributed by atoms with van der Waals surface area (Å²) in [4.78, 5) is 2.72. The Kier molecular flexibility index (Phi) is 4.83. The van der Waals surface area contributed by atoms with Crippen molar-refractivity contribution in [1.82, 2.24) is 10.2 Å². The average Bonchev–Trinajstić information content (AvgIpc) is 2.27. The van der Waals surface area contributed by atoms with Crippen LogP contribution in [0, 0.1) is 0 Å². The minimum Gasteiger partial charge on any atom is -0.377 e. The number of piperidine rings is 2. The highest BCUT2D eigenvalue weighted by Gasteiger charge is 2.37. The molecule has 2 bridgehead atoms. The van der Waals surface area contributed by atoms with E-state index in [9.17, 15) is 0 Å². The lowest BCUT2D eigenvalue weighted by Gasteiger charge is -2.49. The van der Waals surface area contributed by atoms with Gasteiger partial charge in [0.1, 0.15) is 0 Å². The van der Waals surface area contributed by atoms with Crippen LogP contribution in [0.5, 0.6) is 0 Å². The van der Waals surface area contributed by atoms with Crippen LogP contribution < -0.4 is 5.32 Å². The van der Waals surface area contributed by atoms with Gasteiger partial charge in [0, 0.05) is 24.7 Å². The van der Waals surface area contributed by atoms with E-state index in [2.05, 4.69) is 31.1 Å². The molecular formula is C14H28N2O. The van der Waals surface area contributed by atoms with Crippen LogP contribution in [0.1, 0.15) is 46.0 Å². The summed E-state index contributed by atoms with van der Waals surface area (Å²) in [5, 5.41) is 3.47. The first-order valence-corrected chi connectivity index (χ1v) is 7.25. The second kappa shape index (κ2) is 6.17. The van der Waals surface area contributed by atoms with Gasteiger partial charge in [0.05, 0.1) is 12.7 Å². The third-order valence-electron chi connectivity index (χ3n) is 4.33. The molecule has 0 aliphatic carbocycles. The zero-order chi connectivity index (χ0) is 12.3. The Hall–Kier alpha value is -0.120. The van der Waals surface area contributed by atoms with Crippen LogP contribution in [0.3, 0.4) is 0 Å². The molecule has 2 aliphatic heterocycles. The topological polar surface area (TPSA) is 24.5 Å². The van der Waals surface area contributed by atoms with Gasteiger partial charge in [-0.25, -0.2) is 0 Å². The zero-order valence-corrected chi connectivity index (χ0v) is 11.6. The van der Waals surface area contributed by atoms with E-state index in [1.165, 1.54) is 32.1 Å². The van der Waals surface area contributed by atoms with Gasteiger partial charge in [0.15, 0.2) is 0 Å². The Morgan fingerprint density at radius 1 is 1.24 bits per heavy atom. The third-order valence-corrected chi connectivity index (χ3v) is 4.33. The first-order chi connectivity index (χ1) is 8.20. The van der Waals surface area contributed by atoms with Crippen LogP contribution in [-0.2, 0) is 4.74 Å². The molecule has 0 radical (unpaired) electrons. The molecule has 3 heteroatoms. The van der Waals surface area contributed by atoms with Crippen LogP contribution in [-0.4, -0.2) is 49.3 Å². The summed E-state index contributed by atoms with van der Waals surface area (Å²) in [7, 11) is 2.11. The highest BCUT2D eigenvalue weighted by molar-refractivity contribution is 4.94. The van der Waals surface area contributed by atoms with Crippen LogP contribution in [0.4, 0.5) is 0 Å². The van der Waals surface area contributed by atoms with Crippen molar-refractivity contribution in [3.63, 3.8) is 0 Å². The van der Waals surface area contributed by atoms with Crippen molar-refractivity contribution >= 4 is 0 Å². The van der Waals surface area contributed by atoms with Gasteiger partial charge < -0.3 is 10.1 Å². The summed E-state index contributed by atoms with van der Waals surface area (Å²) in [6, 6.07) is 2.35. The number of nitrogens with zero attached hydrogens (tertiary/aromatic N) is 1. The van der Waals surface area contributed by atoms with E-state index in [0.717, 1.165) is 31.3 Å². The molecule has 17 heavy (non-hydrogen) atoms. The predicted octanol–water partition coefficient (Wildman–Crippen LogP) is 2.02. The van der Waals surface area contributed by atoms with E-state index in [-0.39, 0.29) is 0 Å². The summed E-state index contributed by atoms with van der Waals surface area (Å²) in [6.07, 6.45) is 7.22. The van der Waals surface area contributed by atoms with Crippen LogP contribution in [0.2, 0.25) is 0 Å². The lowest BCUT2D eigenvalue weighted by atomic mass is 9.82. The SMILES string of the molecule is CNC1CC2CCCC(C1)N2CCOC(C)C. The van der Waals surface area contributed by atoms with Crippen molar-refractivity contribution in [3.05, 3.63) is 0 Å². The Labute approximate surface area is 106 Å². The quantitative estimate of drug-likeness (QED) is 0.795. The minimum absolute atomic E-state index is 0.365. The number of nitrogens with one attached hydrogen (secondary N) is 1. The Balaban J connectivity index is 1.84. The number of ether oxygens (including phenoxy) is 1. The van der Waals surface area contributed by atoms with Gasteiger partial charge in [-0.2, -0.15) is 0 Å². The predicted molar refractivity (Wildman–Crippen MR) is 71.3 cm³/mol. The molecular weight excluding hydrogens is 212 g/mol. The van der Waals surface area contributed by atoms with Crippen molar-refractivity contribution in [3.8, 4) is 0 Å². The lowest BCUT2D eigenvalue weighted by molar-refractivity contribution is -0.0110. The van der Waals surface area contributed by atoms with E-state index >= 15 is 0 Å². The van der Waals surface area contributed by atoms with Gasteiger partial charge in [-0.3, -0.25) is 4.90 Å². The van der Waals surface area contributed by atoms with Gasteiger partial charge in [0.2, 0.25) is 0 Å². The number of hydrogen-bond acceptors (Lipinski definition) is 3. The van der Waals surface area contributed by atoms with Crippen molar-refractivity contribution in [2.75, 3.05) is 20.2 Å². The van der Waals surface area contributed by atoms with Crippen molar-refractivity contribution < 1.29 is 4.74 Å². The van der Waals surface area contributed by atoms with Gasteiger partial charge in [-0.05, 0) is 46.6 Å². The lowest BCUT2D eigenvalue weighted by Crippen LogP contribution is -2.56. The molecule has 0 aromatic heterocycles. The van der Waals surface area contributed by atoms with Crippen LogP contribution in [0.25, 0.3) is 0 Å². The molecule has 2 unspecified atom stereocenters. The van der Waals surface area contributed by atoms with E-state index in [0.29, 0.717) is 6.10 Å². The fourth-order valence-corrected chi connectivity index (χ4v) is 3.47. The minimum atomic E-state index is 0.365. The molecule has 0 aromatic carbocycles. The molecule has 2 rings (SSSR count). The number of hydrogen-bond donors (Lipinski definition) is 1. The monoisotopic (exact) mass is 240 g/mol. The number of rotatable bonds is 5. The highest BCUT2D eigenvalue weighted by atomic mass is 16.5. The first-order valence-electron chi connectivity index (χ1n) is 7.25. The second-order valence-corrected chi connectivity index (χ2v) is 5.85.